The fourth-order valence-corrected chi connectivity index (χ4v) is 2.41. The number of hydrogen-bond acceptors (Lipinski definition) is 4. The molecule has 2 aromatic rings. The third kappa shape index (κ3) is 3.15. The van der Waals surface area contributed by atoms with Crippen LogP contribution in [0.5, 0.6) is 0 Å². The van der Waals surface area contributed by atoms with Crippen LogP contribution in [0.4, 0.5) is 14.6 Å². The van der Waals surface area contributed by atoms with E-state index in [9.17, 15) is 17.2 Å². The number of nitrogens with one attached hydrogen (secondary N) is 1. The number of nitrogens with zero attached hydrogens (tertiary/aromatic N) is 2. The Morgan fingerprint density at radius 3 is 2.63 bits per heavy atom. The monoisotopic (exact) mass is 305 g/mol. The number of hydrogen-bond donors (Lipinski definition) is 1. The quantitative estimate of drug-likeness (QED) is 0.883. The van der Waals surface area contributed by atoms with Crippen LogP contribution in [0, 0.1) is 11.9 Å². The second kappa shape index (κ2) is 5.06. The molecule has 0 radical (unpaired) electrons. The van der Waals surface area contributed by atoms with Crippen molar-refractivity contribution in [3.05, 3.63) is 47.4 Å². The van der Waals surface area contributed by atoms with E-state index in [1.807, 2.05) is 4.72 Å². The Morgan fingerprint density at radius 2 is 2.00 bits per heavy atom. The molecule has 0 saturated heterocycles. The van der Waals surface area contributed by atoms with Crippen molar-refractivity contribution in [3.63, 3.8) is 0 Å². The van der Waals surface area contributed by atoms with Gasteiger partial charge in [-0.05, 0) is 18.2 Å². The van der Waals surface area contributed by atoms with Crippen molar-refractivity contribution >= 4 is 27.4 Å². The Kier molecular flexibility index (Phi) is 3.63. The normalized spacial score (nSPS) is 11.3. The molecule has 0 saturated carbocycles. The van der Waals surface area contributed by atoms with E-state index in [0.717, 1.165) is 18.3 Å². The smallest absolute Gasteiger partial charge is 0.263 e. The minimum Gasteiger partial charge on any atom is -0.263 e. The van der Waals surface area contributed by atoms with E-state index in [4.69, 9.17) is 11.6 Å². The molecular formula is C10H6ClF2N3O2S. The summed E-state index contributed by atoms with van der Waals surface area (Å²) in [4.78, 5) is 6.17. The van der Waals surface area contributed by atoms with E-state index in [1.165, 1.54) is 12.1 Å². The van der Waals surface area contributed by atoms with Crippen LogP contribution in [0.1, 0.15) is 0 Å². The third-order valence-electron chi connectivity index (χ3n) is 2.04. The number of anilines is 1. The Balaban J connectivity index is 2.35. The Hall–Kier alpha value is -1.80. The molecule has 19 heavy (non-hydrogen) atoms. The summed E-state index contributed by atoms with van der Waals surface area (Å²) in [6.07, 6.45) is 0.794. The molecule has 0 aliphatic rings. The fourth-order valence-electron chi connectivity index (χ4n) is 1.21. The van der Waals surface area contributed by atoms with Gasteiger partial charge < -0.3 is 0 Å². The molecule has 2 aromatic heterocycles. The molecule has 0 aliphatic heterocycles. The van der Waals surface area contributed by atoms with Crippen LogP contribution in [0.15, 0.2) is 35.4 Å². The topological polar surface area (TPSA) is 72.0 Å². The molecule has 0 amide bonds. The van der Waals surface area contributed by atoms with E-state index in [2.05, 4.69) is 9.97 Å². The molecule has 0 spiro atoms. The van der Waals surface area contributed by atoms with E-state index in [-0.39, 0.29) is 10.7 Å². The van der Waals surface area contributed by atoms with Crippen LogP contribution in [-0.4, -0.2) is 18.4 Å². The molecule has 0 aliphatic carbocycles. The van der Waals surface area contributed by atoms with Gasteiger partial charge in [-0.25, -0.2) is 18.4 Å². The zero-order valence-corrected chi connectivity index (χ0v) is 10.7. The maximum atomic E-state index is 12.8. The summed E-state index contributed by atoms with van der Waals surface area (Å²) in [6.45, 7) is 0. The second-order valence-corrected chi connectivity index (χ2v) is 5.48. The average Bonchev–Trinajstić information content (AvgIpc) is 2.32. The predicted molar refractivity (Wildman–Crippen MR) is 64.2 cm³/mol. The number of aromatic nitrogens is 2. The van der Waals surface area contributed by atoms with Crippen molar-refractivity contribution in [3.8, 4) is 0 Å². The van der Waals surface area contributed by atoms with Crippen molar-refractivity contribution < 1.29 is 17.2 Å². The van der Waals surface area contributed by atoms with Gasteiger partial charge in [-0.1, -0.05) is 17.7 Å². The molecule has 1 N–H and O–H groups in total. The lowest BCUT2D eigenvalue weighted by atomic mass is 10.5. The second-order valence-electron chi connectivity index (χ2n) is 3.39. The zero-order chi connectivity index (χ0) is 14.0. The van der Waals surface area contributed by atoms with Gasteiger partial charge in [0.1, 0.15) is 10.7 Å². The van der Waals surface area contributed by atoms with Gasteiger partial charge in [-0.2, -0.15) is 8.78 Å². The van der Waals surface area contributed by atoms with E-state index >= 15 is 0 Å². The molecule has 2 rings (SSSR count). The lowest BCUT2D eigenvalue weighted by Crippen LogP contribution is -2.14. The molecule has 5 nitrogen and oxygen atoms in total. The van der Waals surface area contributed by atoms with Gasteiger partial charge in [0.2, 0.25) is 11.9 Å². The van der Waals surface area contributed by atoms with Crippen molar-refractivity contribution in [2.24, 2.45) is 0 Å². The van der Waals surface area contributed by atoms with Gasteiger partial charge >= 0.3 is 0 Å². The molecule has 0 atom stereocenters. The molecule has 2 heterocycles. The van der Waals surface area contributed by atoms with Crippen LogP contribution >= 0.6 is 11.6 Å². The minimum absolute atomic E-state index is 0.208. The Labute approximate surface area is 112 Å². The largest absolute Gasteiger partial charge is 0.264 e. The molecule has 9 heteroatoms. The summed E-state index contributed by atoms with van der Waals surface area (Å²) in [7, 11) is -4.06. The molecule has 0 aromatic carbocycles. The van der Waals surface area contributed by atoms with Gasteiger partial charge in [0.15, 0.2) is 0 Å². The first-order chi connectivity index (χ1) is 8.88. The molecule has 0 unspecified atom stereocenters. The molecule has 100 valence electrons. The highest BCUT2D eigenvalue weighted by molar-refractivity contribution is 7.92. The highest BCUT2D eigenvalue weighted by Crippen LogP contribution is 2.19. The van der Waals surface area contributed by atoms with Crippen LogP contribution in [0.25, 0.3) is 0 Å². The van der Waals surface area contributed by atoms with Crippen molar-refractivity contribution in [2.45, 2.75) is 4.90 Å². The maximum absolute atomic E-state index is 12.8. The first kappa shape index (κ1) is 13.6. The summed E-state index contributed by atoms with van der Waals surface area (Å²) in [5, 5.41) is -0.435. The zero-order valence-electron chi connectivity index (χ0n) is 9.14. The van der Waals surface area contributed by atoms with Gasteiger partial charge in [0.25, 0.3) is 10.0 Å². The highest BCUT2D eigenvalue weighted by Gasteiger charge is 2.17. The van der Waals surface area contributed by atoms with E-state index < -0.39 is 26.9 Å². The first-order valence-corrected chi connectivity index (χ1v) is 6.71. The SMILES string of the molecule is O=S(=O)(Nc1cccc(F)n1)c1cnc(F)c(Cl)c1. The lowest BCUT2D eigenvalue weighted by Gasteiger charge is -2.07. The number of halogens is 3. The standard InChI is InChI=1S/C10H6ClF2N3O2S/c11-7-4-6(5-14-10(7)13)19(17,18)16-9-3-1-2-8(12)15-9/h1-5H,(H,15,16). The third-order valence-corrected chi connectivity index (χ3v) is 3.62. The number of rotatable bonds is 3. The summed E-state index contributed by atoms with van der Waals surface area (Å²) < 4.78 is 51.5. The summed E-state index contributed by atoms with van der Waals surface area (Å²) >= 11 is 5.44. The molecular weight excluding hydrogens is 300 g/mol. The first-order valence-electron chi connectivity index (χ1n) is 4.85. The summed E-state index contributed by atoms with van der Waals surface area (Å²) in [6, 6.07) is 4.51. The van der Waals surface area contributed by atoms with Crippen LogP contribution in [-0.2, 0) is 10.0 Å². The van der Waals surface area contributed by atoms with Gasteiger partial charge in [0, 0.05) is 0 Å². The Bertz CT molecular complexity index is 724. The lowest BCUT2D eigenvalue weighted by molar-refractivity contribution is 0.577. The minimum atomic E-state index is -4.06. The van der Waals surface area contributed by atoms with Gasteiger partial charge in [0.05, 0.1) is 11.2 Å². The Morgan fingerprint density at radius 1 is 1.26 bits per heavy atom. The number of sulfonamides is 1. The van der Waals surface area contributed by atoms with Crippen LogP contribution in [0.3, 0.4) is 0 Å². The van der Waals surface area contributed by atoms with Crippen LogP contribution < -0.4 is 4.72 Å². The van der Waals surface area contributed by atoms with Crippen molar-refractivity contribution in [2.75, 3.05) is 4.72 Å². The predicted octanol–water partition coefficient (Wildman–Crippen LogP) is 2.21. The van der Waals surface area contributed by atoms with Crippen molar-refractivity contribution in [1.29, 1.82) is 0 Å². The van der Waals surface area contributed by atoms with Gasteiger partial charge in [-0.15, -0.1) is 0 Å². The highest BCUT2D eigenvalue weighted by atomic mass is 35.5. The van der Waals surface area contributed by atoms with E-state index in [1.54, 1.807) is 0 Å². The van der Waals surface area contributed by atoms with E-state index in [0.29, 0.717) is 0 Å². The van der Waals surface area contributed by atoms with Crippen LogP contribution in [0.2, 0.25) is 5.02 Å². The molecule has 0 fully saturated rings. The maximum Gasteiger partial charge on any atom is 0.264 e. The average molecular weight is 306 g/mol. The fraction of sp³-hybridized carbons (Fsp3) is 0. The van der Waals surface area contributed by atoms with Crippen molar-refractivity contribution in [1.82, 2.24) is 9.97 Å². The summed E-state index contributed by atoms with van der Waals surface area (Å²) in [5.74, 6) is -2.03. The summed E-state index contributed by atoms with van der Waals surface area (Å²) in [5.41, 5.74) is 0. The molecule has 0 bridgehead atoms. The van der Waals surface area contributed by atoms with Gasteiger partial charge in [-0.3, -0.25) is 4.72 Å². The number of pyridine rings is 2.